The van der Waals surface area contributed by atoms with Gasteiger partial charge < -0.3 is 9.47 Å². The maximum atomic E-state index is 13.9. The standard InChI is InChI=1S/C23H25F2NO2/c1-2-13-27-20-10-7-18(8-11-20)17-5-3-16(4-6-17)15-28-21-12-9-19(14-26)22(24)23(21)25/h3-6,9,12,18,20H,2,7-8,10-11,13,15H2,1H3. The summed E-state index contributed by atoms with van der Waals surface area (Å²) in [6, 6.07) is 12.2. The molecule has 3 nitrogen and oxygen atoms in total. The molecule has 0 N–H and O–H groups in total. The molecule has 0 unspecified atom stereocenters. The quantitative estimate of drug-likeness (QED) is 0.599. The van der Waals surface area contributed by atoms with Crippen molar-refractivity contribution in [3.8, 4) is 11.8 Å². The molecule has 148 valence electrons. The van der Waals surface area contributed by atoms with E-state index in [1.807, 2.05) is 12.1 Å². The summed E-state index contributed by atoms with van der Waals surface area (Å²) in [5.41, 5.74) is 1.85. The minimum Gasteiger partial charge on any atom is -0.486 e. The van der Waals surface area contributed by atoms with E-state index in [9.17, 15) is 8.78 Å². The van der Waals surface area contributed by atoms with Crippen molar-refractivity contribution in [2.24, 2.45) is 0 Å². The van der Waals surface area contributed by atoms with Gasteiger partial charge in [0.25, 0.3) is 0 Å². The molecule has 1 saturated carbocycles. The number of halogens is 2. The third kappa shape index (κ3) is 4.88. The molecule has 0 aromatic heterocycles. The number of benzene rings is 2. The highest BCUT2D eigenvalue weighted by Gasteiger charge is 2.22. The number of hydrogen-bond acceptors (Lipinski definition) is 3. The molecule has 0 aliphatic heterocycles. The Morgan fingerprint density at radius 2 is 1.71 bits per heavy atom. The lowest BCUT2D eigenvalue weighted by atomic mass is 9.82. The largest absolute Gasteiger partial charge is 0.486 e. The van der Waals surface area contributed by atoms with Crippen molar-refractivity contribution in [1.82, 2.24) is 0 Å². The van der Waals surface area contributed by atoms with Crippen LogP contribution in [0.5, 0.6) is 5.75 Å². The SMILES string of the molecule is CCCOC1CCC(c2ccc(COc3ccc(C#N)c(F)c3F)cc2)CC1. The molecule has 1 aliphatic rings. The smallest absolute Gasteiger partial charge is 0.202 e. The van der Waals surface area contributed by atoms with Crippen molar-refractivity contribution in [3.05, 3.63) is 64.7 Å². The van der Waals surface area contributed by atoms with Gasteiger partial charge in [0.2, 0.25) is 5.82 Å². The van der Waals surface area contributed by atoms with Crippen LogP contribution in [-0.2, 0) is 11.3 Å². The van der Waals surface area contributed by atoms with E-state index < -0.39 is 11.6 Å². The highest BCUT2D eigenvalue weighted by molar-refractivity contribution is 5.38. The Balaban J connectivity index is 1.54. The van der Waals surface area contributed by atoms with Gasteiger partial charge in [0, 0.05) is 6.61 Å². The third-order valence-corrected chi connectivity index (χ3v) is 5.24. The summed E-state index contributed by atoms with van der Waals surface area (Å²) in [6.07, 6.45) is 5.90. The van der Waals surface area contributed by atoms with Gasteiger partial charge in [-0.2, -0.15) is 9.65 Å². The first-order valence-electron chi connectivity index (χ1n) is 9.83. The average molecular weight is 385 g/mol. The Hall–Kier alpha value is -2.45. The van der Waals surface area contributed by atoms with Gasteiger partial charge in [0.1, 0.15) is 12.7 Å². The molecular weight excluding hydrogens is 360 g/mol. The van der Waals surface area contributed by atoms with Gasteiger partial charge >= 0.3 is 0 Å². The van der Waals surface area contributed by atoms with E-state index in [0.717, 1.165) is 44.3 Å². The first-order chi connectivity index (χ1) is 13.6. The van der Waals surface area contributed by atoms with Crippen LogP contribution in [0, 0.1) is 23.0 Å². The van der Waals surface area contributed by atoms with Crippen molar-refractivity contribution in [3.63, 3.8) is 0 Å². The summed E-state index contributed by atoms with van der Waals surface area (Å²) >= 11 is 0. The van der Waals surface area contributed by atoms with E-state index >= 15 is 0 Å². The summed E-state index contributed by atoms with van der Waals surface area (Å²) in [7, 11) is 0. The number of nitriles is 1. The molecule has 1 aliphatic carbocycles. The maximum Gasteiger partial charge on any atom is 0.202 e. The number of rotatable bonds is 7. The predicted molar refractivity (Wildman–Crippen MR) is 103 cm³/mol. The zero-order chi connectivity index (χ0) is 19.9. The van der Waals surface area contributed by atoms with Gasteiger partial charge in [-0.1, -0.05) is 31.2 Å². The van der Waals surface area contributed by atoms with Gasteiger partial charge in [-0.3, -0.25) is 0 Å². The molecule has 0 amide bonds. The Morgan fingerprint density at radius 3 is 2.36 bits per heavy atom. The van der Waals surface area contributed by atoms with Gasteiger partial charge in [0.05, 0.1) is 11.7 Å². The van der Waals surface area contributed by atoms with E-state index in [-0.39, 0.29) is 17.9 Å². The molecule has 0 atom stereocenters. The number of ether oxygens (including phenoxy) is 2. The van der Waals surface area contributed by atoms with Crippen molar-refractivity contribution in [1.29, 1.82) is 5.26 Å². The lowest BCUT2D eigenvalue weighted by Crippen LogP contribution is -2.21. The highest BCUT2D eigenvalue weighted by Crippen LogP contribution is 2.34. The lowest BCUT2D eigenvalue weighted by molar-refractivity contribution is 0.0251. The van der Waals surface area contributed by atoms with E-state index in [2.05, 4.69) is 19.1 Å². The lowest BCUT2D eigenvalue weighted by Gasteiger charge is -2.29. The summed E-state index contributed by atoms with van der Waals surface area (Å²) in [5, 5.41) is 8.72. The van der Waals surface area contributed by atoms with Gasteiger partial charge in [0.15, 0.2) is 11.6 Å². The normalized spacial score (nSPS) is 19.2. The van der Waals surface area contributed by atoms with E-state index in [1.54, 1.807) is 6.07 Å². The van der Waals surface area contributed by atoms with Crippen molar-refractivity contribution in [2.45, 2.75) is 57.7 Å². The predicted octanol–water partition coefficient (Wildman–Crippen LogP) is 5.87. The third-order valence-electron chi connectivity index (χ3n) is 5.24. The first kappa shape index (κ1) is 20.3. The summed E-state index contributed by atoms with van der Waals surface area (Å²) in [5.74, 6) is -1.95. The Kier molecular flexibility index (Phi) is 7.00. The molecule has 1 fully saturated rings. The fourth-order valence-corrected chi connectivity index (χ4v) is 3.62. The van der Waals surface area contributed by atoms with Crippen molar-refractivity contribution < 1.29 is 18.3 Å². The molecule has 0 radical (unpaired) electrons. The fraction of sp³-hybridized carbons (Fsp3) is 0.435. The Labute approximate surface area is 164 Å². The average Bonchev–Trinajstić information content (AvgIpc) is 2.74. The van der Waals surface area contributed by atoms with Crippen molar-refractivity contribution in [2.75, 3.05) is 6.61 Å². The summed E-state index contributed by atoms with van der Waals surface area (Å²) < 4.78 is 38.8. The Morgan fingerprint density at radius 1 is 1.00 bits per heavy atom. The molecule has 3 rings (SSSR count). The van der Waals surface area contributed by atoms with Crippen LogP contribution >= 0.6 is 0 Å². The maximum absolute atomic E-state index is 13.9. The van der Waals surface area contributed by atoms with Gasteiger partial charge in [-0.05, 0) is 61.3 Å². The second-order valence-electron chi connectivity index (χ2n) is 7.23. The zero-order valence-corrected chi connectivity index (χ0v) is 16.1. The monoisotopic (exact) mass is 385 g/mol. The van der Waals surface area contributed by atoms with Gasteiger partial charge in [-0.25, -0.2) is 4.39 Å². The van der Waals surface area contributed by atoms with Crippen LogP contribution < -0.4 is 4.74 Å². The minimum atomic E-state index is -1.17. The highest BCUT2D eigenvalue weighted by atomic mass is 19.2. The van der Waals surface area contributed by atoms with Crippen molar-refractivity contribution >= 4 is 0 Å². The van der Waals surface area contributed by atoms with E-state index in [4.69, 9.17) is 14.7 Å². The molecule has 0 spiro atoms. The number of nitrogens with zero attached hydrogens (tertiary/aromatic N) is 1. The molecule has 0 heterocycles. The van der Waals surface area contributed by atoms with Crippen LogP contribution in [0.15, 0.2) is 36.4 Å². The van der Waals surface area contributed by atoms with Crippen LogP contribution in [0.2, 0.25) is 0 Å². The zero-order valence-electron chi connectivity index (χ0n) is 16.1. The molecule has 5 heteroatoms. The van der Waals surface area contributed by atoms with E-state index in [1.165, 1.54) is 17.7 Å². The topological polar surface area (TPSA) is 42.2 Å². The number of hydrogen-bond donors (Lipinski definition) is 0. The first-order valence-corrected chi connectivity index (χ1v) is 9.83. The summed E-state index contributed by atoms with van der Waals surface area (Å²) in [4.78, 5) is 0. The molecule has 2 aromatic carbocycles. The second-order valence-corrected chi connectivity index (χ2v) is 7.23. The molecule has 0 saturated heterocycles. The van der Waals surface area contributed by atoms with Crippen LogP contribution in [0.4, 0.5) is 8.78 Å². The Bertz CT molecular complexity index is 822. The van der Waals surface area contributed by atoms with E-state index in [0.29, 0.717) is 12.0 Å². The minimum absolute atomic E-state index is 0.139. The summed E-state index contributed by atoms with van der Waals surface area (Å²) in [6.45, 7) is 3.11. The van der Waals surface area contributed by atoms with Crippen LogP contribution in [-0.4, -0.2) is 12.7 Å². The molecule has 28 heavy (non-hydrogen) atoms. The molecule has 2 aromatic rings. The molecular formula is C23H25F2NO2. The second kappa shape index (κ2) is 9.66. The van der Waals surface area contributed by atoms with Crippen LogP contribution in [0.3, 0.4) is 0 Å². The van der Waals surface area contributed by atoms with Crippen LogP contribution in [0.1, 0.15) is 61.6 Å². The fourth-order valence-electron chi connectivity index (χ4n) is 3.62. The van der Waals surface area contributed by atoms with Crippen LogP contribution in [0.25, 0.3) is 0 Å². The molecule has 0 bridgehead atoms. The van der Waals surface area contributed by atoms with Gasteiger partial charge in [-0.15, -0.1) is 0 Å².